The van der Waals surface area contributed by atoms with E-state index in [-0.39, 0.29) is 5.91 Å². The number of nitrogens with two attached hydrogens (primary N) is 1. The number of amides is 1. The van der Waals surface area contributed by atoms with Gasteiger partial charge in [-0.15, -0.1) is 0 Å². The van der Waals surface area contributed by atoms with Crippen LogP contribution in [0.25, 0.3) is 0 Å². The number of rotatable bonds is 9. The molecule has 0 spiro atoms. The van der Waals surface area contributed by atoms with Crippen LogP contribution in [0.1, 0.15) is 43.3 Å². The summed E-state index contributed by atoms with van der Waals surface area (Å²) in [5, 5.41) is 6.83. The third kappa shape index (κ3) is 4.79. The highest BCUT2D eigenvalue weighted by Gasteiger charge is 2.28. The Morgan fingerprint density at radius 2 is 2.12 bits per heavy atom. The van der Waals surface area contributed by atoms with E-state index in [1.54, 1.807) is 0 Å². The van der Waals surface area contributed by atoms with Gasteiger partial charge in [0.15, 0.2) is 5.82 Å². The Balaban J connectivity index is 1.38. The molecule has 1 aliphatic carbocycles. The minimum absolute atomic E-state index is 0.0347. The second kappa shape index (κ2) is 7.92. The van der Waals surface area contributed by atoms with Crippen LogP contribution in [0.15, 0.2) is 28.8 Å². The predicted octanol–water partition coefficient (Wildman–Crippen LogP) is 2.25. The van der Waals surface area contributed by atoms with Gasteiger partial charge in [0.25, 0.3) is 0 Å². The van der Waals surface area contributed by atoms with Crippen molar-refractivity contribution in [2.45, 2.75) is 38.0 Å². The number of aryl methyl sites for hydroxylation is 1. The number of nitrogens with zero attached hydrogens (tertiary/aromatic N) is 2. The molecule has 1 aromatic heterocycles. The third-order valence-corrected chi connectivity index (χ3v) is 3.75. The molecule has 1 heterocycles. The molecule has 0 unspecified atom stereocenters. The number of hydrogen-bond donors (Lipinski definition) is 2. The molecule has 0 radical (unpaired) electrons. The zero-order valence-corrected chi connectivity index (χ0v) is 13.5. The summed E-state index contributed by atoms with van der Waals surface area (Å²) in [6.45, 7) is 0.949. The van der Waals surface area contributed by atoms with E-state index in [0.717, 1.165) is 30.1 Å². The normalized spacial score (nSPS) is 13.7. The molecule has 0 aliphatic heterocycles. The first-order valence-electron chi connectivity index (χ1n) is 8.30. The van der Waals surface area contributed by atoms with E-state index < -0.39 is 0 Å². The van der Waals surface area contributed by atoms with Crippen molar-refractivity contribution in [2.75, 3.05) is 18.5 Å². The summed E-state index contributed by atoms with van der Waals surface area (Å²) in [4.78, 5) is 16.3. The summed E-state index contributed by atoms with van der Waals surface area (Å²) in [5.74, 6) is 2.62. The first kappa shape index (κ1) is 16.4. The van der Waals surface area contributed by atoms with E-state index in [1.165, 1.54) is 0 Å². The fourth-order valence-corrected chi connectivity index (χ4v) is 2.31. The van der Waals surface area contributed by atoms with Crippen molar-refractivity contribution in [3.05, 3.63) is 36.0 Å². The second-order valence-electron chi connectivity index (χ2n) is 5.88. The van der Waals surface area contributed by atoms with E-state index in [4.69, 9.17) is 15.0 Å². The first-order chi connectivity index (χ1) is 11.7. The maximum atomic E-state index is 12.0. The minimum atomic E-state index is -0.0347. The highest BCUT2D eigenvalue weighted by atomic mass is 16.5. The van der Waals surface area contributed by atoms with Gasteiger partial charge in [-0.3, -0.25) is 4.79 Å². The fourth-order valence-electron chi connectivity index (χ4n) is 2.31. The maximum Gasteiger partial charge on any atom is 0.226 e. The number of benzene rings is 1. The molecule has 7 nitrogen and oxygen atoms in total. The van der Waals surface area contributed by atoms with Crippen LogP contribution < -0.4 is 15.8 Å². The van der Waals surface area contributed by atoms with Gasteiger partial charge in [-0.05, 0) is 43.5 Å². The van der Waals surface area contributed by atoms with Crippen LogP contribution >= 0.6 is 0 Å². The number of aromatic nitrogens is 2. The largest absolute Gasteiger partial charge is 0.492 e. The number of ether oxygens (including phenoxy) is 1. The molecule has 1 aromatic carbocycles. The molecule has 1 aliphatic rings. The van der Waals surface area contributed by atoms with Crippen LogP contribution in [0.3, 0.4) is 0 Å². The van der Waals surface area contributed by atoms with Crippen LogP contribution in [-0.4, -0.2) is 29.2 Å². The van der Waals surface area contributed by atoms with Crippen LogP contribution in [0.2, 0.25) is 0 Å². The molecule has 0 saturated heterocycles. The zero-order valence-electron chi connectivity index (χ0n) is 13.5. The molecular formula is C17H22N4O3. The minimum Gasteiger partial charge on any atom is -0.492 e. The lowest BCUT2D eigenvalue weighted by molar-refractivity contribution is -0.116. The van der Waals surface area contributed by atoms with Crippen molar-refractivity contribution in [1.82, 2.24) is 10.1 Å². The van der Waals surface area contributed by atoms with Crippen LogP contribution in [0.5, 0.6) is 5.75 Å². The average Bonchev–Trinajstić information content (AvgIpc) is 3.34. The molecule has 2 aromatic rings. The van der Waals surface area contributed by atoms with Gasteiger partial charge in [-0.2, -0.15) is 4.98 Å². The van der Waals surface area contributed by atoms with Gasteiger partial charge in [0.05, 0.1) is 0 Å². The SMILES string of the molecule is NCCOc1ccc(NC(=O)CCCc2nc(C3CC3)no2)cc1. The van der Waals surface area contributed by atoms with E-state index >= 15 is 0 Å². The Kier molecular flexibility index (Phi) is 5.43. The number of hydrogen-bond acceptors (Lipinski definition) is 6. The van der Waals surface area contributed by atoms with Gasteiger partial charge in [-0.1, -0.05) is 5.16 Å². The van der Waals surface area contributed by atoms with Crippen molar-refractivity contribution in [3.63, 3.8) is 0 Å². The van der Waals surface area contributed by atoms with Crippen molar-refractivity contribution >= 4 is 11.6 Å². The molecule has 3 rings (SSSR count). The Morgan fingerprint density at radius 3 is 2.83 bits per heavy atom. The zero-order chi connectivity index (χ0) is 16.8. The Morgan fingerprint density at radius 1 is 1.33 bits per heavy atom. The van der Waals surface area contributed by atoms with Crippen molar-refractivity contribution in [2.24, 2.45) is 5.73 Å². The highest BCUT2D eigenvalue weighted by Crippen LogP contribution is 2.38. The topological polar surface area (TPSA) is 103 Å². The molecule has 1 fully saturated rings. The van der Waals surface area contributed by atoms with Crippen molar-refractivity contribution in [1.29, 1.82) is 0 Å². The van der Waals surface area contributed by atoms with Gasteiger partial charge in [0, 0.05) is 31.0 Å². The summed E-state index contributed by atoms with van der Waals surface area (Å²) < 4.78 is 10.6. The van der Waals surface area contributed by atoms with Gasteiger partial charge >= 0.3 is 0 Å². The number of nitrogens with one attached hydrogen (secondary N) is 1. The fraction of sp³-hybridized carbons (Fsp3) is 0.471. The highest BCUT2D eigenvalue weighted by molar-refractivity contribution is 5.90. The number of anilines is 1. The first-order valence-corrected chi connectivity index (χ1v) is 8.30. The van der Waals surface area contributed by atoms with Crippen LogP contribution in [0, 0.1) is 0 Å². The molecule has 7 heteroatoms. The quantitative estimate of drug-likeness (QED) is 0.731. The average molecular weight is 330 g/mol. The van der Waals surface area contributed by atoms with Gasteiger partial charge in [0.1, 0.15) is 12.4 Å². The molecular weight excluding hydrogens is 308 g/mol. The molecule has 1 saturated carbocycles. The number of carbonyl (C=O) groups is 1. The molecule has 24 heavy (non-hydrogen) atoms. The Bertz CT molecular complexity index is 665. The van der Waals surface area contributed by atoms with Gasteiger partial charge < -0.3 is 20.3 Å². The third-order valence-electron chi connectivity index (χ3n) is 3.75. The standard InChI is InChI=1S/C17H22N4O3/c18-10-11-23-14-8-6-13(7-9-14)19-15(22)2-1-3-16-20-17(21-24-16)12-4-5-12/h6-9,12H,1-5,10-11,18H2,(H,19,22). The van der Waals surface area contributed by atoms with E-state index in [9.17, 15) is 4.79 Å². The Labute approximate surface area is 140 Å². The van der Waals surface area contributed by atoms with E-state index in [1.807, 2.05) is 24.3 Å². The molecule has 0 atom stereocenters. The Hall–Kier alpha value is -2.41. The molecule has 3 N–H and O–H groups in total. The van der Waals surface area contributed by atoms with Gasteiger partial charge in [0.2, 0.25) is 11.8 Å². The van der Waals surface area contributed by atoms with Crippen LogP contribution in [0.4, 0.5) is 5.69 Å². The maximum absolute atomic E-state index is 12.0. The smallest absolute Gasteiger partial charge is 0.226 e. The summed E-state index contributed by atoms with van der Waals surface area (Å²) in [5.41, 5.74) is 6.13. The molecule has 0 bridgehead atoms. The molecule has 1 amide bonds. The van der Waals surface area contributed by atoms with Gasteiger partial charge in [-0.25, -0.2) is 0 Å². The van der Waals surface area contributed by atoms with Crippen LogP contribution in [-0.2, 0) is 11.2 Å². The number of carbonyl (C=O) groups excluding carboxylic acids is 1. The predicted molar refractivity (Wildman–Crippen MR) is 88.8 cm³/mol. The second-order valence-corrected chi connectivity index (χ2v) is 5.88. The summed E-state index contributed by atoms with van der Waals surface area (Å²) in [6.07, 6.45) is 4.01. The molecule has 128 valence electrons. The monoisotopic (exact) mass is 330 g/mol. The van der Waals surface area contributed by atoms with E-state index in [2.05, 4.69) is 15.5 Å². The van der Waals surface area contributed by atoms with Crippen molar-refractivity contribution < 1.29 is 14.1 Å². The summed E-state index contributed by atoms with van der Waals surface area (Å²) >= 11 is 0. The van der Waals surface area contributed by atoms with E-state index in [0.29, 0.717) is 44.2 Å². The van der Waals surface area contributed by atoms with Crippen molar-refractivity contribution in [3.8, 4) is 5.75 Å². The summed E-state index contributed by atoms with van der Waals surface area (Å²) in [7, 11) is 0. The summed E-state index contributed by atoms with van der Waals surface area (Å²) in [6, 6.07) is 7.24. The lowest BCUT2D eigenvalue weighted by Crippen LogP contribution is -2.12. The lowest BCUT2D eigenvalue weighted by atomic mass is 10.2. The lowest BCUT2D eigenvalue weighted by Gasteiger charge is -2.07.